The normalized spacial score (nSPS) is 14.6. The van der Waals surface area contributed by atoms with Gasteiger partial charge in [-0.2, -0.15) is 10.1 Å². The van der Waals surface area contributed by atoms with Crippen molar-refractivity contribution in [3.8, 4) is 11.5 Å². The number of rotatable bonds is 7. The Kier molecular flexibility index (Phi) is 6.57. The maximum atomic E-state index is 13.0. The molecule has 0 saturated carbocycles. The summed E-state index contributed by atoms with van der Waals surface area (Å²) in [7, 11) is 0. The molecule has 0 fully saturated rings. The number of benzene rings is 3. The van der Waals surface area contributed by atoms with Crippen molar-refractivity contribution < 1.29 is 14.3 Å². The molecule has 0 atom stereocenters. The lowest BCUT2D eigenvalue weighted by Gasteiger charge is -2.13. The van der Waals surface area contributed by atoms with Crippen LogP contribution in [0.4, 0.5) is 5.69 Å². The predicted octanol–water partition coefficient (Wildman–Crippen LogP) is 6.12. The van der Waals surface area contributed by atoms with Gasteiger partial charge >= 0.3 is 0 Å². The Morgan fingerprint density at radius 2 is 1.72 bits per heavy atom. The molecule has 0 aromatic heterocycles. The highest BCUT2D eigenvalue weighted by molar-refractivity contribution is 6.32. The smallest absolute Gasteiger partial charge is 0.280 e. The molecule has 1 aliphatic heterocycles. The summed E-state index contributed by atoms with van der Waals surface area (Å²) in [5, 5.41) is 6.54. The summed E-state index contributed by atoms with van der Waals surface area (Å²) >= 11 is 5.95. The first-order valence-corrected chi connectivity index (χ1v) is 10.7. The third kappa shape index (κ3) is 4.84. The molecule has 0 aliphatic carbocycles. The third-order valence-electron chi connectivity index (χ3n) is 4.95. The molecule has 4 rings (SSSR count). The number of para-hydroxylation sites is 1. The Hall–Kier alpha value is -3.57. The average molecular weight is 447 g/mol. The number of carbonyl (C=O) groups excluding carboxylic acids is 1. The van der Waals surface area contributed by atoms with Crippen LogP contribution in [0.25, 0.3) is 6.08 Å². The third-order valence-corrected chi connectivity index (χ3v) is 5.20. The zero-order chi connectivity index (χ0) is 22.5. The molecule has 0 bridgehead atoms. The van der Waals surface area contributed by atoms with E-state index in [1.54, 1.807) is 0 Å². The maximum Gasteiger partial charge on any atom is 0.280 e. The molecule has 1 aliphatic rings. The number of hydrazone groups is 1. The highest BCUT2D eigenvalue weighted by Crippen LogP contribution is 2.31. The van der Waals surface area contributed by atoms with Gasteiger partial charge in [-0.3, -0.25) is 4.79 Å². The minimum atomic E-state index is -0.158. The van der Waals surface area contributed by atoms with Gasteiger partial charge in [0.1, 0.15) is 6.61 Å². The maximum absolute atomic E-state index is 13.0. The van der Waals surface area contributed by atoms with Crippen molar-refractivity contribution in [2.45, 2.75) is 20.5 Å². The number of ether oxygens (including phenoxy) is 2. The van der Waals surface area contributed by atoms with E-state index >= 15 is 0 Å². The summed E-state index contributed by atoms with van der Waals surface area (Å²) in [6.07, 6.45) is 1.83. The van der Waals surface area contributed by atoms with E-state index in [0.29, 0.717) is 41.0 Å². The van der Waals surface area contributed by atoms with E-state index in [-0.39, 0.29) is 5.91 Å². The van der Waals surface area contributed by atoms with Crippen molar-refractivity contribution >= 4 is 35.0 Å². The topological polar surface area (TPSA) is 51.1 Å². The van der Waals surface area contributed by atoms with E-state index in [2.05, 4.69) is 5.10 Å². The molecule has 5 nitrogen and oxygen atoms in total. The van der Waals surface area contributed by atoms with Gasteiger partial charge in [-0.05, 0) is 67.4 Å². The molecule has 0 unspecified atom stereocenters. The Balaban J connectivity index is 1.55. The van der Waals surface area contributed by atoms with E-state index in [1.807, 2.05) is 92.7 Å². The lowest BCUT2D eigenvalue weighted by molar-refractivity contribution is -0.114. The van der Waals surface area contributed by atoms with Crippen LogP contribution in [0.2, 0.25) is 5.02 Å². The number of halogens is 1. The van der Waals surface area contributed by atoms with Gasteiger partial charge in [0, 0.05) is 5.02 Å². The molecule has 3 aromatic carbocycles. The highest BCUT2D eigenvalue weighted by atomic mass is 35.5. The number of nitrogens with zero attached hydrogens (tertiary/aromatic N) is 2. The van der Waals surface area contributed by atoms with Crippen molar-refractivity contribution in [1.82, 2.24) is 0 Å². The van der Waals surface area contributed by atoms with Crippen LogP contribution in [-0.4, -0.2) is 18.2 Å². The summed E-state index contributed by atoms with van der Waals surface area (Å²) < 4.78 is 11.8. The predicted molar refractivity (Wildman–Crippen MR) is 128 cm³/mol. The Morgan fingerprint density at radius 1 is 0.969 bits per heavy atom. The van der Waals surface area contributed by atoms with Crippen LogP contribution < -0.4 is 14.5 Å². The molecule has 1 heterocycles. The molecular weight excluding hydrogens is 424 g/mol. The van der Waals surface area contributed by atoms with Crippen molar-refractivity contribution in [1.29, 1.82) is 0 Å². The van der Waals surface area contributed by atoms with Gasteiger partial charge in [-0.25, -0.2) is 0 Å². The van der Waals surface area contributed by atoms with Crippen LogP contribution in [0.1, 0.15) is 25.0 Å². The van der Waals surface area contributed by atoms with Gasteiger partial charge in [0.05, 0.1) is 23.6 Å². The molecule has 0 saturated heterocycles. The first kappa shape index (κ1) is 21.7. The molecule has 0 spiro atoms. The molecule has 0 radical (unpaired) electrons. The van der Waals surface area contributed by atoms with Crippen molar-refractivity contribution in [2.75, 3.05) is 11.6 Å². The molecule has 3 aromatic rings. The molecule has 162 valence electrons. The van der Waals surface area contributed by atoms with E-state index in [0.717, 1.165) is 16.8 Å². The number of carbonyl (C=O) groups is 1. The van der Waals surface area contributed by atoms with Crippen LogP contribution in [-0.2, 0) is 11.4 Å². The van der Waals surface area contributed by atoms with Gasteiger partial charge in [-0.15, -0.1) is 0 Å². The fourth-order valence-corrected chi connectivity index (χ4v) is 3.46. The van der Waals surface area contributed by atoms with Gasteiger partial charge in [0.15, 0.2) is 11.5 Å². The van der Waals surface area contributed by atoms with Crippen LogP contribution >= 0.6 is 11.6 Å². The lowest BCUT2D eigenvalue weighted by Crippen LogP contribution is -2.21. The summed E-state index contributed by atoms with van der Waals surface area (Å²) in [5.74, 6) is 1.10. The van der Waals surface area contributed by atoms with Gasteiger partial charge in [0.25, 0.3) is 5.91 Å². The number of anilines is 1. The molecule has 0 N–H and O–H groups in total. The van der Waals surface area contributed by atoms with Gasteiger partial charge < -0.3 is 9.47 Å². The molecule has 1 amide bonds. The van der Waals surface area contributed by atoms with Crippen molar-refractivity contribution in [3.05, 3.63) is 94.5 Å². The van der Waals surface area contributed by atoms with E-state index < -0.39 is 0 Å². The van der Waals surface area contributed by atoms with Crippen LogP contribution in [0.15, 0.2) is 83.5 Å². The largest absolute Gasteiger partial charge is 0.490 e. The summed E-state index contributed by atoms with van der Waals surface area (Å²) in [4.78, 5) is 13.0. The fourth-order valence-electron chi connectivity index (χ4n) is 3.34. The summed E-state index contributed by atoms with van der Waals surface area (Å²) in [6.45, 7) is 4.65. The Morgan fingerprint density at radius 3 is 2.44 bits per heavy atom. The average Bonchev–Trinajstić information content (AvgIpc) is 3.09. The summed E-state index contributed by atoms with van der Waals surface area (Å²) in [6, 6.07) is 22.5. The molecule has 6 heteroatoms. The first-order valence-electron chi connectivity index (χ1n) is 10.4. The van der Waals surface area contributed by atoms with E-state index in [1.165, 1.54) is 5.01 Å². The number of amides is 1. The minimum absolute atomic E-state index is 0.158. The van der Waals surface area contributed by atoms with Crippen molar-refractivity contribution in [3.63, 3.8) is 0 Å². The molecule has 32 heavy (non-hydrogen) atoms. The monoisotopic (exact) mass is 446 g/mol. The molecular formula is C26H23ClN2O3. The SMILES string of the molecule is CCOc1cc(/C=C2/C(=O)N(c3ccccc3)N=C2C)ccc1OCc1ccc(Cl)cc1. The first-order chi connectivity index (χ1) is 15.5. The number of hydrogen-bond acceptors (Lipinski definition) is 4. The van der Waals surface area contributed by atoms with Crippen LogP contribution in [0, 0.1) is 0 Å². The fraction of sp³-hybridized carbons (Fsp3) is 0.154. The van der Waals surface area contributed by atoms with E-state index in [4.69, 9.17) is 21.1 Å². The Labute approximate surface area is 192 Å². The zero-order valence-corrected chi connectivity index (χ0v) is 18.7. The van der Waals surface area contributed by atoms with E-state index in [9.17, 15) is 4.79 Å². The van der Waals surface area contributed by atoms with Gasteiger partial charge in [-0.1, -0.05) is 48.0 Å². The Bertz CT molecular complexity index is 1170. The van der Waals surface area contributed by atoms with Gasteiger partial charge in [0.2, 0.25) is 0 Å². The zero-order valence-electron chi connectivity index (χ0n) is 17.9. The quantitative estimate of drug-likeness (QED) is 0.410. The summed E-state index contributed by atoms with van der Waals surface area (Å²) in [5.41, 5.74) is 3.79. The standard InChI is InChI=1S/C26H23ClN2O3/c1-3-31-25-16-20(11-14-24(25)32-17-19-9-12-21(27)13-10-19)15-23-18(2)28-29(26(23)30)22-7-5-4-6-8-22/h4-16H,3,17H2,1-2H3/b23-15+. The second kappa shape index (κ2) is 9.71. The second-order valence-electron chi connectivity index (χ2n) is 7.25. The lowest BCUT2D eigenvalue weighted by atomic mass is 10.1. The van der Waals surface area contributed by atoms with Crippen LogP contribution in [0.5, 0.6) is 11.5 Å². The number of hydrogen-bond donors (Lipinski definition) is 0. The second-order valence-corrected chi connectivity index (χ2v) is 7.69. The van der Waals surface area contributed by atoms with Crippen molar-refractivity contribution in [2.24, 2.45) is 5.10 Å². The minimum Gasteiger partial charge on any atom is -0.490 e. The van der Waals surface area contributed by atoms with Crippen LogP contribution in [0.3, 0.4) is 0 Å². The highest BCUT2D eigenvalue weighted by Gasteiger charge is 2.28.